The highest BCUT2D eigenvalue weighted by Gasteiger charge is 2.23. The van der Waals surface area contributed by atoms with Crippen molar-refractivity contribution in [3.05, 3.63) is 97.1 Å². The van der Waals surface area contributed by atoms with Gasteiger partial charge in [-0.15, -0.1) is 0 Å². The fourth-order valence-electron chi connectivity index (χ4n) is 2.88. The minimum atomic E-state index is -0.801. The third-order valence-corrected chi connectivity index (χ3v) is 7.23. The van der Waals surface area contributed by atoms with Crippen molar-refractivity contribution >= 4 is 45.2 Å². The molecule has 0 aliphatic rings. The predicted octanol–water partition coefficient (Wildman–Crippen LogP) is 2.34. The predicted molar refractivity (Wildman–Crippen MR) is 146 cm³/mol. The lowest BCUT2D eigenvalue weighted by atomic mass is 10.2. The minimum absolute atomic E-state index is 0.249. The van der Waals surface area contributed by atoms with Gasteiger partial charge >= 0.3 is 0 Å². The van der Waals surface area contributed by atoms with Crippen LogP contribution < -0.4 is 21.3 Å². The maximum Gasteiger partial charge on any atom is 0.244 e. The summed E-state index contributed by atoms with van der Waals surface area (Å²) in [4.78, 5) is 49.1. The summed E-state index contributed by atoms with van der Waals surface area (Å²) >= 11 is 0. The van der Waals surface area contributed by atoms with Gasteiger partial charge in [0, 0.05) is 24.6 Å². The summed E-state index contributed by atoms with van der Waals surface area (Å²) in [6.07, 6.45) is 2.21. The number of carbonyl (C=O) groups is 4. The third kappa shape index (κ3) is 10.8. The van der Waals surface area contributed by atoms with Gasteiger partial charge in [0.25, 0.3) is 0 Å². The van der Waals surface area contributed by atoms with Crippen LogP contribution in [0.1, 0.15) is 11.1 Å². The Morgan fingerprint density at radius 3 is 1.36 bits per heavy atom. The first-order valence-electron chi connectivity index (χ1n) is 11.2. The highest BCUT2D eigenvalue weighted by atomic mass is 33.1. The largest absolute Gasteiger partial charge is 0.350 e. The molecule has 2 aromatic rings. The van der Waals surface area contributed by atoms with Gasteiger partial charge in [-0.2, -0.15) is 0 Å². The van der Waals surface area contributed by atoms with E-state index in [-0.39, 0.29) is 23.3 Å². The molecule has 4 amide bonds. The fourth-order valence-corrected chi connectivity index (χ4v) is 5.20. The standard InChI is InChI=1S/C26H30N4O4S2/c1-3-23(31)29-21(25(33)27-15-19-11-7-5-8-12-19)17-35-36-18-22(30-24(32)4-2)26(34)28-16-20-13-9-6-10-14-20/h3-14,21-22H,1-2,15-18H2,(H,27,33)(H,28,34)(H,29,31)(H,30,32). The maximum absolute atomic E-state index is 12.7. The molecule has 0 saturated heterocycles. The van der Waals surface area contributed by atoms with E-state index < -0.39 is 23.9 Å². The van der Waals surface area contributed by atoms with Gasteiger partial charge in [-0.05, 0) is 23.3 Å². The first-order chi connectivity index (χ1) is 17.4. The first-order valence-corrected chi connectivity index (χ1v) is 13.6. The third-order valence-electron chi connectivity index (χ3n) is 4.81. The molecule has 0 heterocycles. The van der Waals surface area contributed by atoms with Crippen LogP contribution in [0.5, 0.6) is 0 Å². The Kier molecular flexibility index (Phi) is 12.9. The topological polar surface area (TPSA) is 116 Å². The Morgan fingerprint density at radius 1 is 0.667 bits per heavy atom. The molecular weight excluding hydrogens is 496 g/mol. The zero-order chi connectivity index (χ0) is 26.2. The summed E-state index contributed by atoms with van der Waals surface area (Å²) in [5.41, 5.74) is 1.87. The first kappa shape index (κ1) is 28.7. The van der Waals surface area contributed by atoms with E-state index in [1.807, 2.05) is 60.7 Å². The molecule has 4 N–H and O–H groups in total. The average Bonchev–Trinajstić information content (AvgIpc) is 2.92. The van der Waals surface area contributed by atoms with Gasteiger partial charge in [0.05, 0.1) is 0 Å². The van der Waals surface area contributed by atoms with Crippen LogP contribution in [-0.2, 0) is 32.3 Å². The summed E-state index contributed by atoms with van der Waals surface area (Å²) in [5, 5.41) is 10.9. The number of amides is 4. The highest BCUT2D eigenvalue weighted by molar-refractivity contribution is 8.76. The molecule has 36 heavy (non-hydrogen) atoms. The van der Waals surface area contributed by atoms with Crippen molar-refractivity contribution in [2.45, 2.75) is 25.2 Å². The van der Waals surface area contributed by atoms with Crippen molar-refractivity contribution in [3.8, 4) is 0 Å². The zero-order valence-corrected chi connectivity index (χ0v) is 21.4. The van der Waals surface area contributed by atoms with Crippen molar-refractivity contribution < 1.29 is 19.2 Å². The smallest absolute Gasteiger partial charge is 0.244 e. The molecule has 2 rings (SSSR count). The molecule has 190 valence electrons. The van der Waals surface area contributed by atoms with E-state index >= 15 is 0 Å². The fraction of sp³-hybridized carbons (Fsp3) is 0.231. The van der Waals surface area contributed by atoms with Gasteiger partial charge in [0.15, 0.2) is 0 Å². The molecule has 0 aromatic heterocycles. The Bertz CT molecular complexity index is 951. The second-order valence-electron chi connectivity index (χ2n) is 7.51. The molecule has 0 bridgehead atoms. The lowest BCUT2D eigenvalue weighted by molar-refractivity contribution is -0.126. The van der Waals surface area contributed by atoms with Crippen LogP contribution in [0.4, 0.5) is 0 Å². The Hall–Kier alpha value is -3.50. The minimum Gasteiger partial charge on any atom is -0.350 e. The molecule has 0 spiro atoms. The molecular formula is C26H30N4O4S2. The number of hydrogen-bond acceptors (Lipinski definition) is 6. The second kappa shape index (κ2) is 16.2. The van der Waals surface area contributed by atoms with Crippen LogP contribution in [0.15, 0.2) is 86.0 Å². The molecule has 0 fully saturated rings. The maximum atomic E-state index is 12.7. The molecule has 10 heteroatoms. The summed E-state index contributed by atoms with van der Waals surface area (Å²) in [5.74, 6) is -1.09. The van der Waals surface area contributed by atoms with Gasteiger partial charge in [-0.1, -0.05) is 95.4 Å². The van der Waals surface area contributed by atoms with Crippen LogP contribution in [0.2, 0.25) is 0 Å². The monoisotopic (exact) mass is 526 g/mol. The van der Waals surface area contributed by atoms with Crippen molar-refractivity contribution in [2.75, 3.05) is 11.5 Å². The summed E-state index contributed by atoms with van der Waals surface area (Å²) in [6.45, 7) is 7.52. The van der Waals surface area contributed by atoms with Crippen molar-refractivity contribution in [2.24, 2.45) is 0 Å². The van der Waals surface area contributed by atoms with Crippen molar-refractivity contribution in [1.82, 2.24) is 21.3 Å². The number of hydrogen-bond donors (Lipinski definition) is 4. The number of rotatable bonds is 15. The van der Waals surface area contributed by atoms with E-state index in [0.29, 0.717) is 13.1 Å². The number of nitrogens with one attached hydrogen (secondary N) is 4. The van der Waals surface area contributed by atoms with E-state index in [1.54, 1.807) is 0 Å². The number of carbonyl (C=O) groups excluding carboxylic acids is 4. The lowest BCUT2D eigenvalue weighted by Gasteiger charge is -2.19. The van der Waals surface area contributed by atoms with Gasteiger partial charge in [0.1, 0.15) is 12.1 Å². The van der Waals surface area contributed by atoms with E-state index in [2.05, 4.69) is 34.4 Å². The van der Waals surface area contributed by atoms with Crippen LogP contribution in [0.25, 0.3) is 0 Å². The van der Waals surface area contributed by atoms with Gasteiger partial charge in [-0.3, -0.25) is 19.2 Å². The number of benzene rings is 2. The summed E-state index contributed by atoms with van der Waals surface area (Å²) < 4.78 is 0. The SMILES string of the molecule is C=CC(=O)NC(CSSCC(NC(=O)C=C)C(=O)NCc1ccccc1)C(=O)NCc1ccccc1. The molecule has 0 aliphatic heterocycles. The molecule has 2 atom stereocenters. The molecule has 8 nitrogen and oxygen atoms in total. The van der Waals surface area contributed by atoms with Crippen LogP contribution >= 0.6 is 21.6 Å². The van der Waals surface area contributed by atoms with Gasteiger partial charge in [-0.25, -0.2) is 0 Å². The van der Waals surface area contributed by atoms with E-state index in [1.165, 1.54) is 21.6 Å². The zero-order valence-electron chi connectivity index (χ0n) is 19.8. The molecule has 2 unspecified atom stereocenters. The lowest BCUT2D eigenvalue weighted by Crippen LogP contribution is -2.48. The van der Waals surface area contributed by atoms with Crippen LogP contribution in [-0.4, -0.2) is 47.2 Å². The van der Waals surface area contributed by atoms with Gasteiger partial charge in [0.2, 0.25) is 23.6 Å². The average molecular weight is 527 g/mol. The molecule has 0 aliphatic carbocycles. The van der Waals surface area contributed by atoms with E-state index in [4.69, 9.17) is 0 Å². The van der Waals surface area contributed by atoms with Gasteiger partial charge < -0.3 is 21.3 Å². The second-order valence-corrected chi connectivity index (χ2v) is 10.1. The molecule has 0 saturated carbocycles. The summed E-state index contributed by atoms with van der Waals surface area (Å²) in [7, 11) is 2.62. The van der Waals surface area contributed by atoms with Crippen molar-refractivity contribution in [3.63, 3.8) is 0 Å². The van der Waals surface area contributed by atoms with Crippen LogP contribution in [0.3, 0.4) is 0 Å². The quantitative estimate of drug-likeness (QED) is 0.161. The normalized spacial score (nSPS) is 11.9. The van der Waals surface area contributed by atoms with Crippen LogP contribution in [0, 0.1) is 0 Å². The van der Waals surface area contributed by atoms with E-state index in [0.717, 1.165) is 23.3 Å². The van der Waals surface area contributed by atoms with Crippen molar-refractivity contribution in [1.29, 1.82) is 0 Å². The van der Waals surface area contributed by atoms with E-state index in [9.17, 15) is 19.2 Å². The molecule has 0 radical (unpaired) electrons. The Morgan fingerprint density at radius 2 is 1.03 bits per heavy atom. The Balaban J connectivity index is 1.89. The Labute approximate surface area is 219 Å². The summed E-state index contributed by atoms with van der Waals surface area (Å²) in [6, 6.07) is 17.2. The molecule has 2 aromatic carbocycles. The highest BCUT2D eigenvalue weighted by Crippen LogP contribution is 2.23.